The van der Waals surface area contributed by atoms with Crippen molar-refractivity contribution >= 4 is 17.7 Å². The number of aliphatic carboxylic acids is 1. The molecule has 7 nitrogen and oxygen atoms in total. The SMILES string of the molecule is O=C(O)C1CCCCN1C(=O)C(=O)C1(O)CCCCO1. The Labute approximate surface area is 116 Å². The molecule has 0 radical (unpaired) electrons. The third kappa shape index (κ3) is 2.83. The van der Waals surface area contributed by atoms with Gasteiger partial charge < -0.3 is 19.8 Å². The smallest absolute Gasteiger partial charge is 0.326 e. The molecule has 2 atom stereocenters. The average molecular weight is 285 g/mol. The lowest BCUT2D eigenvalue weighted by Crippen LogP contribution is -2.57. The fourth-order valence-electron chi connectivity index (χ4n) is 2.69. The Morgan fingerprint density at radius 2 is 1.90 bits per heavy atom. The molecule has 0 aromatic heterocycles. The maximum atomic E-state index is 12.2. The number of Topliss-reactive ketones (excluding diaryl/α,β-unsaturated/α-hetero) is 1. The van der Waals surface area contributed by atoms with Crippen molar-refractivity contribution in [3.8, 4) is 0 Å². The predicted octanol–water partition coefficient (Wildman–Crippen LogP) is -0.0897. The molecule has 2 heterocycles. The lowest BCUT2D eigenvalue weighted by atomic mass is 9.97. The number of carbonyl (C=O) groups excluding carboxylic acids is 2. The molecule has 0 aromatic carbocycles. The minimum absolute atomic E-state index is 0.0726. The highest BCUT2D eigenvalue weighted by Crippen LogP contribution is 2.25. The van der Waals surface area contributed by atoms with E-state index in [1.54, 1.807) is 0 Å². The number of amides is 1. The summed E-state index contributed by atoms with van der Waals surface area (Å²) in [5.41, 5.74) is 0. The first-order valence-electron chi connectivity index (χ1n) is 6.90. The zero-order valence-electron chi connectivity index (χ0n) is 11.2. The van der Waals surface area contributed by atoms with E-state index in [1.807, 2.05) is 0 Å². The van der Waals surface area contributed by atoms with Gasteiger partial charge in [-0.05, 0) is 32.1 Å². The predicted molar refractivity (Wildman–Crippen MR) is 66.7 cm³/mol. The van der Waals surface area contributed by atoms with Gasteiger partial charge in [-0.3, -0.25) is 9.59 Å². The summed E-state index contributed by atoms with van der Waals surface area (Å²) >= 11 is 0. The summed E-state index contributed by atoms with van der Waals surface area (Å²) in [5.74, 6) is -5.22. The fourth-order valence-corrected chi connectivity index (χ4v) is 2.69. The molecular weight excluding hydrogens is 266 g/mol. The molecule has 0 saturated carbocycles. The maximum absolute atomic E-state index is 12.2. The van der Waals surface area contributed by atoms with Crippen LogP contribution in [0.2, 0.25) is 0 Å². The van der Waals surface area contributed by atoms with Crippen LogP contribution >= 0.6 is 0 Å². The zero-order valence-corrected chi connectivity index (χ0v) is 11.2. The van der Waals surface area contributed by atoms with E-state index in [1.165, 1.54) is 0 Å². The Morgan fingerprint density at radius 3 is 2.50 bits per heavy atom. The van der Waals surface area contributed by atoms with Gasteiger partial charge in [0.15, 0.2) is 0 Å². The van der Waals surface area contributed by atoms with Crippen molar-refractivity contribution in [1.82, 2.24) is 4.90 Å². The van der Waals surface area contributed by atoms with E-state index in [2.05, 4.69) is 0 Å². The van der Waals surface area contributed by atoms with Gasteiger partial charge in [0.1, 0.15) is 6.04 Å². The molecule has 2 N–H and O–H groups in total. The van der Waals surface area contributed by atoms with Gasteiger partial charge in [0.05, 0.1) is 6.61 Å². The van der Waals surface area contributed by atoms with Crippen LogP contribution in [0.25, 0.3) is 0 Å². The second-order valence-electron chi connectivity index (χ2n) is 5.27. The van der Waals surface area contributed by atoms with E-state index in [0.29, 0.717) is 25.7 Å². The van der Waals surface area contributed by atoms with Crippen LogP contribution in [0.3, 0.4) is 0 Å². The number of carboxylic acid groups (broad SMARTS) is 1. The van der Waals surface area contributed by atoms with Crippen LogP contribution in [0.5, 0.6) is 0 Å². The number of piperidine rings is 1. The quantitative estimate of drug-likeness (QED) is 0.702. The Bertz CT molecular complexity index is 415. The third-order valence-corrected chi connectivity index (χ3v) is 3.85. The first-order chi connectivity index (χ1) is 9.46. The summed E-state index contributed by atoms with van der Waals surface area (Å²) in [4.78, 5) is 36.5. The van der Waals surface area contributed by atoms with Crippen LogP contribution < -0.4 is 0 Å². The van der Waals surface area contributed by atoms with Gasteiger partial charge in [0, 0.05) is 13.0 Å². The number of nitrogens with zero attached hydrogens (tertiary/aromatic N) is 1. The van der Waals surface area contributed by atoms with E-state index in [-0.39, 0.29) is 19.6 Å². The molecule has 2 unspecified atom stereocenters. The molecule has 2 rings (SSSR count). The van der Waals surface area contributed by atoms with Crippen LogP contribution in [0.1, 0.15) is 38.5 Å². The zero-order chi connectivity index (χ0) is 14.8. The van der Waals surface area contributed by atoms with Gasteiger partial charge in [0.25, 0.3) is 11.7 Å². The standard InChI is InChI=1S/C13H19NO6/c15-10(13(19)6-2-4-8-20-13)11(16)14-7-3-1-5-9(14)12(17)18/h9,19H,1-8H2,(H,17,18). The fraction of sp³-hybridized carbons (Fsp3) is 0.769. The van der Waals surface area contributed by atoms with Crippen LogP contribution in [0.15, 0.2) is 0 Å². The van der Waals surface area contributed by atoms with Crippen molar-refractivity contribution in [2.75, 3.05) is 13.2 Å². The Hall–Kier alpha value is -1.47. The Balaban J connectivity index is 2.12. The summed E-state index contributed by atoms with van der Waals surface area (Å²) in [7, 11) is 0. The van der Waals surface area contributed by atoms with Crippen molar-refractivity contribution < 1.29 is 29.3 Å². The number of carbonyl (C=O) groups is 3. The van der Waals surface area contributed by atoms with E-state index in [9.17, 15) is 19.5 Å². The van der Waals surface area contributed by atoms with Gasteiger partial charge in [-0.2, -0.15) is 0 Å². The first-order valence-corrected chi connectivity index (χ1v) is 6.90. The molecule has 1 amide bonds. The van der Waals surface area contributed by atoms with Crippen LogP contribution in [0, 0.1) is 0 Å². The molecule has 2 aliphatic heterocycles. The maximum Gasteiger partial charge on any atom is 0.326 e. The lowest BCUT2D eigenvalue weighted by molar-refractivity contribution is -0.220. The van der Waals surface area contributed by atoms with Gasteiger partial charge in [-0.15, -0.1) is 0 Å². The van der Waals surface area contributed by atoms with Crippen molar-refractivity contribution in [3.63, 3.8) is 0 Å². The molecule has 0 aromatic rings. The largest absolute Gasteiger partial charge is 0.480 e. The highest BCUT2D eigenvalue weighted by molar-refractivity contribution is 6.39. The van der Waals surface area contributed by atoms with Crippen LogP contribution in [-0.4, -0.2) is 57.8 Å². The normalized spacial score (nSPS) is 30.9. The van der Waals surface area contributed by atoms with Crippen molar-refractivity contribution in [3.05, 3.63) is 0 Å². The van der Waals surface area contributed by atoms with Gasteiger partial charge in [-0.25, -0.2) is 4.79 Å². The molecule has 112 valence electrons. The molecule has 2 fully saturated rings. The Morgan fingerprint density at radius 1 is 1.15 bits per heavy atom. The summed E-state index contributed by atoms with van der Waals surface area (Å²) in [6.07, 6.45) is 3.08. The summed E-state index contributed by atoms with van der Waals surface area (Å²) in [6, 6.07) is -0.993. The second-order valence-corrected chi connectivity index (χ2v) is 5.27. The van der Waals surface area contributed by atoms with Gasteiger partial charge in [-0.1, -0.05) is 0 Å². The molecule has 0 aliphatic carbocycles. The average Bonchev–Trinajstić information content (AvgIpc) is 2.46. The first kappa shape index (κ1) is 14.9. The van der Waals surface area contributed by atoms with Crippen LogP contribution in [0.4, 0.5) is 0 Å². The lowest BCUT2D eigenvalue weighted by Gasteiger charge is -2.36. The number of aliphatic hydroxyl groups is 1. The molecule has 2 saturated heterocycles. The second kappa shape index (κ2) is 5.88. The molecule has 0 spiro atoms. The van der Waals surface area contributed by atoms with E-state index in [0.717, 1.165) is 11.3 Å². The molecule has 0 bridgehead atoms. The number of rotatable bonds is 3. The minimum atomic E-state index is -2.09. The number of hydrogen-bond donors (Lipinski definition) is 2. The number of ketones is 1. The molecular formula is C13H19NO6. The molecule has 2 aliphatic rings. The summed E-state index contributed by atoms with van der Waals surface area (Å²) in [6.45, 7) is 0.440. The van der Waals surface area contributed by atoms with Gasteiger partial charge in [0.2, 0.25) is 5.79 Å². The molecule has 20 heavy (non-hydrogen) atoms. The van der Waals surface area contributed by atoms with E-state index in [4.69, 9.17) is 9.84 Å². The number of likely N-dealkylation sites (tertiary alicyclic amines) is 1. The highest BCUT2D eigenvalue weighted by atomic mass is 16.6. The van der Waals surface area contributed by atoms with Crippen molar-refractivity contribution in [1.29, 1.82) is 0 Å². The van der Waals surface area contributed by atoms with Gasteiger partial charge >= 0.3 is 5.97 Å². The summed E-state index contributed by atoms with van der Waals surface area (Å²) < 4.78 is 5.05. The molecule has 7 heteroatoms. The van der Waals surface area contributed by atoms with E-state index >= 15 is 0 Å². The third-order valence-electron chi connectivity index (χ3n) is 3.85. The topological polar surface area (TPSA) is 104 Å². The van der Waals surface area contributed by atoms with Crippen LogP contribution in [-0.2, 0) is 19.1 Å². The van der Waals surface area contributed by atoms with E-state index < -0.39 is 29.5 Å². The van der Waals surface area contributed by atoms with Crippen molar-refractivity contribution in [2.24, 2.45) is 0 Å². The number of ether oxygens (including phenoxy) is 1. The number of carboxylic acids is 1. The van der Waals surface area contributed by atoms with Crippen molar-refractivity contribution in [2.45, 2.75) is 50.4 Å². The monoisotopic (exact) mass is 285 g/mol. The minimum Gasteiger partial charge on any atom is -0.480 e. The Kier molecular flexibility index (Phi) is 4.39. The highest BCUT2D eigenvalue weighted by Gasteiger charge is 2.46. The number of hydrogen-bond acceptors (Lipinski definition) is 5. The summed E-state index contributed by atoms with van der Waals surface area (Å²) in [5, 5.41) is 19.2.